The molecule has 116 valence electrons. The van der Waals surface area contributed by atoms with Crippen LogP contribution in [-0.2, 0) is 27.4 Å². The van der Waals surface area contributed by atoms with Crippen LogP contribution < -0.4 is 0 Å². The van der Waals surface area contributed by atoms with Crippen molar-refractivity contribution in [2.24, 2.45) is 0 Å². The summed E-state index contributed by atoms with van der Waals surface area (Å²) in [7, 11) is -3.07. The number of aromatic nitrogens is 3. The van der Waals surface area contributed by atoms with Crippen molar-refractivity contribution in [3.05, 3.63) is 27.3 Å². The molecule has 0 aliphatic heterocycles. The molecular formula is C13H19N3O3S2. The molecule has 0 N–H and O–H groups in total. The summed E-state index contributed by atoms with van der Waals surface area (Å²) in [5.74, 6) is 1.16. The fourth-order valence-electron chi connectivity index (χ4n) is 1.71. The van der Waals surface area contributed by atoms with E-state index in [1.165, 1.54) is 17.6 Å². The molecule has 0 radical (unpaired) electrons. The molecule has 0 aromatic carbocycles. The summed E-state index contributed by atoms with van der Waals surface area (Å²) in [5, 5.41) is 4.58. The van der Waals surface area contributed by atoms with Gasteiger partial charge in [-0.25, -0.2) is 13.4 Å². The van der Waals surface area contributed by atoms with Crippen LogP contribution in [0.3, 0.4) is 0 Å². The van der Waals surface area contributed by atoms with Crippen LogP contribution >= 0.6 is 11.3 Å². The Bertz CT molecular complexity index is 739. The summed E-state index contributed by atoms with van der Waals surface area (Å²) < 4.78 is 27.9. The average Bonchev–Trinajstić information content (AvgIpc) is 2.84. The van der Waals surface area contributed by atoms with Crippen LogP contribution in [0, 0.1) is 6.92 Å². The summed E-state index contributed by atoms with van der Waals surface area (Å²) in [4.78, 5) is 9.64. The highest BCUT2D eigenvalue weighted by Gasteiger charge is 2.22. The molecule has 2 aromatic heterocycles. The number of hydrogen-bond acceptors (Lipinski definition) is 7. The SMILES string of the molecule is Cc1nc(CS(C)(=O)=O)sc1Cc1nc(C(C)(C)C)no1. The third-order valence-electron chi connectivity index (χ3n) is 2.77. The van der Waals surface area contributed by atoms with Gasteiger partial charge in [0.1, 0.15) is 10.8 Å². The first kappa shape index (κ1) is 16.1. The lowest BCUT2D eigenvalue weighted by Crippen LogP contribution is -2.13. The van der Waals surface area contributed by atoms with Gasteiger partial charge in [-0.2, -0.15) is 4.98 Å². The Morgan fingerprint density at radius 1 is 1.24 bits per heavy atom. The lowest BCUT2D eigenvalue weighted by atomic mass is 9.96. The van der Waals surface area contributed by atoms with Crippen molar-refractivity contribution in [3.63, 3.8) is 0 Å². The predicted octanol–water partition coefficient (Wildman–Crippen LogP) is 2.27. The first-order chi connectivity index (χ1) is 9.54. The molecule has 8 heteroatoms. The van der Waals surface area contributed by atoms with E-state index in [2.05, 4.69) is 15.1 Å². The monoisotopic (exact) mass is 329 g/mol. The van der Waals surface area contributed by atoms with E-state index in [1.807, 2.05) is 27.7 Å². The lowest BCUT2D eigenvalue weighted by molar-refractivity contribution is 0.368. The Kier molecular flexibility index (Phi) is 4.21. The zero-order valence-corrected chi connectivity index (χ0v) is 14.4. The van der Waals surface area contributed by atoms with Crippen LogP contribution in [0.15, 0.2) is 4.52 Å². The second-order valence-electron chi connectivity index (χ2n) is 6.12. The van der Waals surface area contributed by atoms with Crippen LogP contribution in [0.5, 0.6) is 0 Å². The summed E-state index contributed by atoms with van der Waals surface area (Å²) in [6, 6.07) is 0. The van der Waals surface area contributed by atoms with E-state index in [0.29, 0.717) is 23.1 Å². The molecule has 2 heterocycles. The van der Waals surface area contributed by atoms with E-state index in [9.17, 15) is 8.42 Å². The minimum Gasteiger partial charge on any atom is -0.339 e. The predicted molar refractivity (Wildman–Crippen MR) is 81.2 cm³/mol. The number of hydrogen-bond donors (Lipinski definition) is 0. The number of thiazole rings is 1. The maximum atomic E-state index is 11.3. The van der Waals surface area contributed by atoms with Gasteiger partial charge in [-0.15, -0.1) is 11.3 Å². The Morgan fingerprint density at radius 2 is 1.90 bits per heavy atom. The van der Waals surface area contributed by atoms with E-state index in [-0.39, 0.29) is 11.2 Å². The maximum Gasteiger partial charge on any atom is 0.231 e. The van der Waals surface area contributed by atoms with Crippen molar-refractivity contribution in [2.75, 3.05) is 6.26 Å². The molecule has 0 aliphatic carbocycles. The maximum absolute atomic E-state index is 11.3. The molecule has 0 spiro atoms. The standard InChI is InChI=1S/C13H19N3O3S2/c1-8-9(20-11(14-8)7-21(5,17)18)6-10-15-12(16-19-10)13(2,3)4/h6-7H2,1-5H3. The molecule has 0 saturated carbocycles. The summed E-state index contributed by atoms with van der Waals surface area (Å²) in [6.07, 6.45) is 1.69. The molecule has 0 atom stereocenters. The Morgan fingerprint density at radius 3 is 2.43 bits per heavy atom. The topological polar surface area (TPSA) is 86.0 Å². The molecular weight excluding hydrogens is 310 g/mol. The quantitative estimate of drug-likeness (QED) is 0.855. The van der Waals surface area contributed by atoms with Gasteiger partial charge in [-0.3, -0.25) is 0 Å². The van der Waals surface area contributed by atoms with Crippen molar-refractivity contribution in [3.8, 4) is 0 Å². The first-order valence-electron chi connectivity index (χ1n) is 6.50. The highest BCUT2D eigenvalue weighted by atomic mass is 32.2. The van der Waals surface area contributed by atoms with Gasteiger partial charge in [0, 0.05) is 16.5 Å². The average molecular weight is 329 g/mol. The molecule has 0 aliphatic rings. The van der Waals surface area contributed by atoms with E-state index >= 15 is 0 Å². The van der Waals surface area contributed by atoms with Gasteiger partial charge in [0.05, 0.1) is 12.1 Å². The van der Waals surface area contributed by atoms with Crippen molar-refractivity contribution >= 4 is 21.2 Å². The Balaban J connectivity index is 2.18. The smallest absolute Gasteiger partial charge is 0.231 e. The number of sulfone groups is 1. The molecule has 0 amide bonds. The van der Waals surface area contributed by atoms with Gasteiger partial charge in [-0.1, -0.05) is 25.9 Å². The highest BCUT2D eigenvalue weighted by Crippen LogP contribution is 2.24. The Labute approximate surface area is 128 Å². The van der Waals surface area contributed by atoms with Gasteiger partial charge in [0.15, 0.2) is 15.7 Å². The Hall–Kier alpha value is -1.28. The van der Waals surface area contributed by atoms with E-state index < -0.39 is 9.84 Å². The summed E-state index contributed by atoms with van der Waals surface area (Å²) >= 11 is 1.38. The molecule has 0 saturated heterocycles. The molecule has 2 aromatic rings. The van der Waals surface area contributed by atoms with Crippen molar-refractivity contribution in [2.45, 2.75) is 45.3 Å². The van der Waals surface area contributed by atoms with Crippen LogP contribution in [0.1, 0.15) is 48.1 Å². The van der Waals surface area contributed by atoms with E-state index in [1.54, 1.807) is 0 Å². The molecule has 21 heavy (non-hydrogen) atoms. The minimum absolute atomic E-state index is 0.0322. The fraction of sp³-hybridized carbons (Fsp3) is 0.615. The van der Waals surface area contributed by atoms with Crippen LogP contribution in [-0.4, -0.2) is 29.8 Å². The number of rotatable bonds is 4. The summed E-state index contributed by atoms with van der Waals surface area (Å²) in [5.41, 5.74) is 0.653. The highest BCUT2D eigenvalue weighted by molar-refractivity contribution is 7.90. The fourth-order valence-corrected chi connectivity index (χ4v) is 3.95. The van der Waals surface area contributed by atoms with Crippen molar-refractivity contribution in [1.82, 2.24) is 15.1 Å². The number of aryl methyl sites for hydroxylation is 1. The second-order valence-corrected chi connectivity index (χ2v) is 9.43. The summed E-state index contributed by atoms with van der Waals surface area (Å²) in [6.45, 7) is 7.91. The normalized spacial score (nSPS) is 12.8. The second kappa shape index (κ2) is 5.49. The zero-order chi connectivity index (χ0) is 15.8. The van der Waals surface area contributed by atoms with Gasteiger partial charge >= 0.3 is 0 Å². The molecule has 0 unspecified atom stereocenters. The first-order valence-corrected chi connectivity index (χ1v) is 9.38. The van der Waals surface area contributed by atoms with Gasteiger partial charge < -0.3 is 4.52 Å². The van der Waals surface area contributed by atoms with Crippen molar-refractivity contribution in [1.29, 1.82) is 0 Å². The van der Waals surface area contributed by atoms with Crippen molar-refractivity contribution < 1.29 is 12.9 Å². The number of nitrogens with zero attached hydrogens (tertiary/aromatic N) is 3. The van der Waals surface area contributed by atoms with Gasteiger partial charge in [0.2, 0.25) is 5.89 Å². The third-order valence-corrected chi connectivity index (χ3v) is 4.91. The van der Waals surface area contributed by atoms with Crippen LogP contribution in [0.4, 0.5) is 0 Å². The van der Waals surface area contributed by atoms with Gasteiger partial charge in [0.25, 0.3) is 0 Å². The lowest BCUT2D eigenvalue weighted by Gasteiger charge is -2.10. The zero-order valence-electron chi connectivity index (χ0n) is 12.8. The molecule has 6 nitrogen and oxygen atoms in total. The van der Waals surface area contributed by atoms with E-state index in [4.69, 9.17) is 4.52 Å². The van der Waals surface area contributed by atoms with E-state index in [0.717, 1.165) is 10.6 Å². The molecule has 0 bridgehead atoms. The largest absolute Gasteiger partial charge is 0.339 e. The molecule has 2 rings (SSSR count). The minimum atomic E-state index is -3.07. The third kappa shape index (κ3) is 4.34. The van der Waals surface area contributed by atoms with Crippen LogP contribution in [0.2, 0.25) is 0 Å². The van der Waals surface area contributed by atoms with Gasteiger partial charge in [-0.05, 0) is 6.92 Å². The molecule has 0 fully saturated rings. The van der Waals surface area contributed by atoms with Crippen LogP contribution in [0.25, 0.3) is 0 Å².